The number of tetrazole rings is 1. The van der Waals surface area contributed by atoms with Gasteiger partial charge >= 0.3 is 11.9 Å². The smallest absolute Gasteiger partial charge is 0.352 e. The Morgan fingerprint density at radius 2 is 2.18 bits per heavy atom. The standard InChI is InChI=1S/C20H21N9O7S3/c1-2-5-36-25-12(10-8-38-19(21)22-10)15(32)23-13-16(33)29-14(18(34)35)9(6-37-17(13)29)7-39-20-24-26-27-28(20)4-3-11(30)31/h2,8,13,17H,1,3-7H2,(H2,21,22)(H,23,32)(H,30,31)(H,34,35)/t13?,17-/m1/s1. The number of fused-ring (bicyclic) bond motifs is 1. The number of carbonyl (C=O) groups excluding carboxylic acids is 2. The molecular weight excluding hydrogens is 574 g/mol. The molecule has 1 saturated heterocycles. The third kappa shape index (κ3) is 6.20. The highest BCUT2D eigenvalue weighted by atomic mass is 32.2. The predicted octanol–water partition coefficient (Wildman–Crippen LogP) is -0.376. The van der Waals surface area contributed by atoms with E-state index in [1.807, 2.05) is 0 Å². The minimum atomic E-state index is -1.29. The van der Waals surface area contributed by atoms with Crippen LogP contribution in [0.15, 0.2) is 39.6 Å². The lowest BCUT2D eigenvalue weighted by Crippen LogP contribution is -2.71. The number of β-lactam (4-membered cyclic amide) rings is 1. The minimum absolute atomic E-state index is 0.0322. The molecule has 0 aromatic carbocycles. The summed E-state index contributed by atoms with van der Waals surface area (Å²) in [4.78, 5) is 59.3. The number of nitrogens with zero attached hydrogens (tertiary/aromatic N) is 7. The van der Waals surface area contributed by atoms with Gasteiger partial charge < -0.3 is 26.1 Å². The Morgan fingerprint density at radius 1 is 1.38 bits per heavy atom. The number of oxime groups is 1. The zero-order valence-corrected chi connectivity index (χ0v) is 22.4. The van der Waals surface area contributed by atoms with Gasteiger partial charge in [0.25, 0.3) is 11.8 Å². The van der Waals surface area contributed by atoms with E-state index in [2.05, 4.69) is 37.6 Å². The summed E-state index contributed by atoms with van der Waals surface area (Å²) in [6.45, 7) is 3.60. The van der Waals surface area contributed by atoms with E-state index in [1.165, 1.54) is 27.9 Å². The van der Waals surface area contributed by atoms with Gasteiger partial charge in [-0.05, 0) is 16.0 Å². The van der Waals surface area contributed by atoms with E-state index < -0.39 is 35.2 Å². The number of aryl methyl sites for hydroxylation is 1. The van der Waals surface area contributed by atoms with Crippen molar-refractivity contribution in [2.24, 2.45) is 5.16 Å². The topological polar surface area (TPSA) is 228 Å². The van der Waals surface area contributed by atoms with Gasteiger partial charge in [0.1, 0.15) is 29.4 Å². The molecule has 0 aliphatic carbocycles. The lowest BCUT2D eigenvalue weighted by Gasteiger charge is -2.49. The van der Waals surface area contributed by atoms with Gasteiger partial charge in [-0.3, -0.25) is 19.3 Å². The number of nitrogen functional groups attached to an aromatic ring is 1. The average Bonchev–Trinajstić information content (AvgIpc) is 3.54. The second-order valence-electron chi connectivity index (χ2n) is 7.83. The van der Waals surface area contributed by atoms with Crippen molar-refractivity contribution in [2.45, 2.75) is 29.5 Å². The molecule has 0 bridgehead atoms. The van der Waals surface area contributed by atoms with Crippen LogP contribution < -0.4 is 11.1 Å². The van der Waals surface area contributed by atoms with Gasteiger partial charge in [-0.2, -0.15) is 0 Å². The van der Waals surface area contributed by atoms with Crippen LogP contribution in [0.4, 0.5) is 5.13 Å². The fourth-order valence-electron chi connectivity index (χ4n) is 3.55. The zero-order valence-electron chi connectivity index (χ0n) is 19.9. The van der Waals surface area contributed by atoms with Crippen LogP contribution >= 0.6 is 34.9 Å². The largest absolute Gasteiger partial charge is 0.481 e. The van der Waals surface area contributed by atoms with E-state index >= 15 is 0 Å². The average molecular weight is 596 g/mol. The number of carboxylic acid groups (broad SMARTS) is 2. The normalized spacial score (nSPS) is 18.8. The van der Waals surface area contributed by atoms with Crippen molar-refractivity contribution >= 4 is 69.5 Å². The molecule has 16 nitrogen and oxygen atoms in total. The monoisotopic (exact) mass is 595 g/mol. The number of thiazole rings is 1. The molecule has 1 unspecified atom stereocenters. The summed E-state index contributed by atoms with van der Waals surface area (Å²) in [5.74, 6) is -3.23. The van der Waals surface area contributed by atoms with Crippen LogP contribution in [0.1, 0.15) is 12.1 Å². The first kappa shape index (κ1) is 28.0. The number of aromatic nitrogens is 5. The fraction of sp³-hybridized carbons (Fsp3) is 0.350. The number of nitrogens with one attached hydrogen (secondary N) is 1. The Hall–Kier alpha value is -3.97. The van der Waals surface area contributed by atoms with E-state index in [4.69, 9.17) is 15.7 Å². The molecule has 4 heterocycles. The van der Waals surface area contributed by atoms with E-state index in [0.29, 0.717) is 10.7 Å². The predicted molar refractivity (Wildman–Crippen MR) is 140 cm³/mol. The zero-order chi connectivity index (χ0) is 28.1. The number of carbonyl (C=O) groups is 4. The van der Waals surface area contributed by atoms with Gasteiger partial charge in [0.2, 0.25) is 5.16 Å². The van der Waals surface area contributed by atoms with Gasteiger partial charge in [0, 0.05) is 16.9 Å². The number of anilines is 1. The molecule has 2 aliphatic rings. The van der Waals surface area contributed by atoms with Crippen molar-refractivity contribution in [2.75, 3.05) is 23.8 Å². The molecule has 0 radical (unpaired) electrons. The Kier molecular flexibility index (Phi) is 8.82. The maximum Gasteiger partial charge on any atom is 0.352 e. The molecule has 2 aliphatic heterocycles. The molecule has 2 aromatic rings. The Morgan fingerprint density at radius 3 is 2.85 bits per heavy atom. The lowest BCUT2D eigenvalue weighted by molar-refractivity contribution is -0.150. The van der Waals surface area contributed by atoms with Crippen molar-refractivity contribution in [1.82, 2.24) is 35.4 Å². The summed E-state index contributed by atoms with van der Waals surface area (Å²) >= 11 is 3.51. The van der Waals surface area contributed by atoms with Gasteiger partial charge in [-0.15, -0.1) is 28.2 Å². The summed E-state index contributed by atoms with van der Waals surface area (Å²) in [5.41, 5.74) is 5.92. The van der Waals surface area contributed by atoms with Crippen LogP contribution in [0.25, 0.3) is 0 Å². The maximum absolute atomic E-state index is 13.0. The lowest BCUT2D eigenvalue weighted by atomic mass is 10.0. The summed E-state index contributed by atoms with van der Waals surface area (Å²) in [6.07, 6.45) is 1.25. The number of amides is 2. The molecule has 2 amide bonds. The number of nitrogens with two attached hydrogens (primary N) is 1. The first-order valence-electron chi connectivity index (χ1n) is 11.0. The molecule has 19 heteroatoms. The van der Waals surface area contributed by atoms with Crippen molar-refractivity contribution in [3.05, 3.63) is 35.0 Å². The molecular formula is C20H21N9O7S3. The number of carboxylic acids is 2. The van der Waals surface area contributed by atoms with E-state index in [-0.39, 0.29) is 53.3 Å². The van der Waals surface area contributed by atoms with Crippen molar-refractivity contribution in [1.29, 1.82) is 0 Å². The van der Waals surface area contributed by atoms with Gasteiger partial charge in [-0.25, -0.2) is 14.5 Å². The Bertz CT molecular complexity index is 1370. The van der Waals surface area contributed by atoms with Crippen LogP contribution in [0.3, 0.4) is 0 Å². The first-order chi connectivity index (χ1) is 18.7. The highest BCUT2D eigenvalue weighted by molar-refractivity contribution is 8.01. The highest BCUT2D eigenvalue weighted by Crippen LogP contribution is 2.41. The molecule has 2 atom stereocenters. The van der Waals surface area contributed by atoms with E-state index in [1.54, 1.807) is 0 Å². The highest BCUT2D eigenvalue weighted by Gasteiger charge is 2.54. The quantitative estimate of drug-likeness (QED) is 0.0578. The summed E-state index contributed by atoms with van der Waals surface area (Å²) in [5, 5.41) is 37.7. The summed E-state index contributed by atoms with van der Waals surface area (Å²) in [6, 6.07) is -1.00. The maximum atomic E-state index is 13.0. The number of hydrogen-bond acceptors (Lipinski definition) is 14. The second kappa shape index (κ2) is 12.3. The first-order valence-corrected chi connectivity index (χ1v) is 14.0. The molecule has 2 aromatic heterocycles. The van der Waals surface area contributed by atoms with E-state index in [0.717, 1.165) is 28.0 Å². The minimum Gasteiger partial charge on any atom is -0.481 e. The summed E-state index contributed by atoms with van der Waals surface area (Å²) < 4.78 is 1.31. The van der Waals surface area contributed by atoms with Gasteiger partial charge in [-0.1, -0.05) is 29.6 Å². The van der Waals surface area contributed by atoms with Gasteiger partial charge in [0.05, 0.1) is 13.0 Å². The third-order valence-electron chi connectivity index (χ3n) is 5.28. The van der Waals surface area contributed by atoms with Crippen molar-refractivity contribution in [3.8, 4) is 0 Å². The fourth-order valence-corrected chi connectivity index (χ4v) is 6.49. The van der Waals surface area contributed by atoms with Crippen LogP contribution in [0, 0.1) is 0 Å². The molecule has 206 valence electrons. The van der Waals surface area contributed by atoms with Crippen LogP contribution in [0.5, 0.6) is 0 Å². The van der Waals surface area contributed by atoms with Crippen molar-refractivity contribution < 1.29 is 34.2 Å². The number of thioether (sulfide) groups is 2. The number of hydrogen-bond donors (Lipinski definition) is 4. The third-order valence-corrected chi connectivity index (χ3v) is 8.33. The number of rotatable bonds is 13. The molecule has 1 fully saturated rings. The van der Waals surface area contributed by atoms with Crippen molar-refractivity contribution in [3.63, 3.8) is 0 Å². The molecule has 0 spiro atoms. The van der Waals surface area contributed by atoms with E-state index in [9.17, 15) is 24.3 Å². The SMILES string of the molecule is C=CCON=C(C(=O)NC1C(=O)N2C(C(=O)O)=C(CSc3nnnn3CCC(=O)O)CS[C@H]12)c1csc(N)n1. The van der Waals surface area contributed by atoms with Crippen LogP contribution in [-0.2, 0) is 30.6 Å². The molecule has 5 N–H and O–H groups in total. The van der Waals surface area contributed by atoms with Crippen LogP contribution in [-0.4, -0.2) is 99.3 Å². The van der Waals surface area contributed by atoms with Crippen LogP contribution in [0.2, 0.25) is 0 Å². The summed E-state index contributed by atoms with van der Waals surface area (Å²) in [7, 11) is 0. The molecule has 39 heavy (non-hydrogen) atoms. The number of aliphatic carboxylic acids is 2. The Labute approximate surface area is 232 Å². The molecule has 4 rings (SSSR count). The molecule has 0 saturated carbocycles. The Balaban J connectivity index is 1.47. The van der Waals surface area contributed by atoms with Gasteiger partial charge in [0.15, 0.2) is 10.8 Å². The second-order valence-corrected chi connectivity index (χ2v) is 10.8.